The first-order valence-electron chi connectivity index (χ1n) is 7.82. The van der Waals surface area contributed by atoms with Gasteiger partial charge in [0.2, 0.25) is 0 Å². The number of rotatable bonds is 8. The van der Waals surface area contributed by atoms with Crippen molar-refractivity contribution in [2.75, 3.05) is 33.9 Å². The van der Waals surface area contributed by atoms with Crippen LogP contribution in [0.5, 0.6) is 11.5 Å². The van der Waals surface area contributed by atoms with Crippen molar-refractivity contribution in [1.82, 2.24) is 4.90 Å². The van der Waals surface area contributed by atoms with Crippen molar-refractivity contribution in [2.24, 2.45) is 0 Å². The van der Waals surface area contributed by atoms with Crippen LogP contribution in [0.1, 0.15) is 43.9 Å². The topological polar surface area (TPSA) is 30.9 Å². The second kappa shape index (κ2) is 9.23. The fourth-order valence-electron chi connectivity index (χ4n) is 2.95. The smallest absolute Gasteiger partial charge is 0.161 e. The zero-order valence-corrected chi connectivity index (χ0v) is 14.9. The lowest BCUT2D eigenvalue weighted by molar-refractivity contribution is 0.0364. The van der Waals surface area contributed by atoms with Crippen molar-refractivity contribution < 1.29 is 14.2 Å². The summed E-state index contributed by atoms with van der Waals surface area (Å²) in [6.45, 7) is 8.29. The molecule has 0 N–H and O–H groups in total. The normalized spacial score (nSPS) is 16.3. The molecule has 1 aromatic rings. The van der Waals surface area contributed by atoms with Gasteiger partial charge in [0, 0.05) is 6.54 Å². The van der Waals surface area contributed by atoms with Gasteiger partial charge in [-0.3, -0.25) is 0 Å². The molecule has 0 amide bonds. The van der Waals surface area contributed by atoms with E-state index in [9.17, 15) is 0 Å². The lowest BCUT2D eigenvalue weighted by Crippen LogP contribution is -2.30. The SMILES string of the molecule is CCCN(CCC)CC1OCc2cc(OC)c(OC)cc21.Cl. The molecule has 4 nitrogen and oxygen atoms in total. The van der Waals surface area contributed by atoms with E-state index in [0.717, 1.165) is 31.1 Å². The molecule has 0 aliphatic carbocycles. The molecule has 1 aliphatic heterocycles. The number of ether oxygens (including phenoxy) is 3. The maximum atomic E-state index is 5.99. The van der Waals surface area contributed by atoms with Crippen molar-refractivity contribution in [1.29, 1.82) is 0 Å². The van der Waals surface area contributed by atoms with Gasteiger partial charge in [-0.2, -0.15) is 0 Å². The van der Waals surface area contributed by atoms with Crippen LogP contribution in [-0.2, 0) is 11.3 Å². The summed E-state index contributed by atoms with van der Waals surface area (Å²) in [6.07, 6.45) is 2.48. The van der Waals surface area contributed by atoms with Crippen LogP contribution in [0.4, 0.5) is 0 Å². The molecule has 0 fully saturated rings. The third kappa shape index (κ3) is 4.28. The maximum Gasteiger partial charge on any atom is 0.161 e. The number of hydrogen-bond acceptors (Lipinski definition) is 4. The summed E-state index contributed by atoms with van der Waals surface area (Å²) in [6, 6.07) is 4.11. The predicted octanol–water partition coefficient (Wildman–Crippen LogP) is 3.82. The monoisotopic (exact) mass is 329 g/mol. The van der Waals surface area contributed by atoms with Crippen molar-refractivity contribution >= 4 is 12.4 Å². The van der Waals surface area contributed by atoms with Crippen molar-refractivity contribution in [3.8, 4) is 11.5 Å². The van der Waals surface area contributed by atoms with E-state index in [2.05, 4.69) is 24.8 Å². The molecule has 5 heteroatoms. The van der Waals surface area contributed by atoms with Crippen molar-refractivity contribution in [2.45, 2.75) is 39.4 Å². The van der Waals surface area contributed by atoms with Crippen LogP contribution in [0.2, 0.25) is 0 Å². The molecule has 126 valence electrons. The minimum Gasteiger partial charge on any atom is -0.493 e. The first-order chi connectivity index (χ1) is 10.2. The molecule has 0 saturated carbocycles. The van der Waals surface area contributed by atoms with Crippen LogP contribution in [0.3, 0.4) is 0 Å². The average Bonchev–Trinajstić information content (AvgIpc) is 2.88. The minimum absolute atomic E-state index is 0. The molecule has 0 bridgehead atoms. The highest BCUT2D eigenvalue weighted by molar-refractivity contribution is 5.85. The van der Waals surface area contributed by atoms with Gasteiger partial charge in [0.05, 0.1) is 26.9 Å². The van der Waals surface area contributed by atoms with Crippen LogP contribution in [0.25, 0.3) is 0 Å². The number of methoxy groups -OCH3 is 2. The molecular formula is C17H28ClNO3. The van der Waals surface area contributed by atoms with Gasteiger partial charge < -0.3 is 19.1 Å². The summed E-state index contributed by atoms with van der Waals surface area (Å²) in [5.74, 6) is 1.56. The Labute approximate surface area is 140 Å². The van der Waals surface area contributed by atoms with Gasteiger partial charge in [0.25, 0.3) is 0 Å². The Morgan fingerprint density at radius 3 is 2.23 bits per heavy atom. The second-order valence-electron chi connectivity index (χ2n) is 5.51. The van der Waals surface area contributed by atoms with Crippen LogP contribution in [-0.4, -0.2) is 38.8 Å². The maximum absolute atomic E-state index is 5.99. The van der Waals surface area contributed by atoms with Gasteiger partial charge in [-0.15, -0.1) is 12.4 Å². The molecule has 22 heavy (non-hydrogen) atoms. The fraction of sp³-hybridized carbons (Fsp3) is 0.647. The van der Waals surface area contributed by atoms with E-state index >= 15 is 0 Å². The summed E-state index contributed by atoms with van der Waals surface area (Å²) in [4.78, 5) is 2.48. The van der Waals surface area contributed by atoms with E-state index < -0.39 is 0 Å². The van der Waals surface area contributed by atoms with Crippen LogP contribution in [0.15, 0.2) is 12.1 Å². The number of halogens is 1. The Bertz CT molecular complexity index is 461. The zero-order valence-electron chi connectivity index (χ0n) is 14.1. The third-order valence-electron chi connectivity index (χ3n) is 3.94. The fourth-order valence-corrected chi connectivity index (χ4v) is 2.95. The highest BCUT2D eigenvalue weighted by Crippen LogP contribution is 2.39. The Balaban J connectivity index is 0.00000242. The number of hydrogen-bond donors (Lipinski definition) is 0. The van der Waals surface area contributed by atoms with Crippen molar-refractivity contribution in [3.05, 3.63) is 23.3 Å². The Morgan fingerprint density at radius 1 is 1.09 bits per heavy atom. The zero-order chi connectivity index (χ0) is 15.2. The summed E-state index contributed by atoms with van der Waals surface area (Å²) in [5, 5.41) is 0. The summed E-state index contributed by atoms with van der Waals surface area (Å²) in [7, 11) is 3.34. The van der Waals surface area contributed by atoms with Crippen LogP contribution >= 0.6 is 12.4 Å². The van der Waals surface area contributed by atoms with E-state index in [4.69, 9.17) is 14.2 Å². The third-order valence-corrected chi connectivity index (χ3v) is 3.94. The highest BCUT2D eigenvalue weighted by Gasteiger charge is 2.27. The first kappa shape index (κ1) is 19.1. The van der Waals surface area contributed by atoms with E-state index in [1.165, 1.54) is 24.0 Å². The second-order valence-corrected chi connectivity index (χ2v) is 5.51. The van der Waals surface area contributed by atoms with E-state index in [0.29, 0.717) is 6.61 Å². The molecule has 0 radical (unpaired) electrons. The molecule has 1 aliphatic rings. The van der Waals surface area contributed by atoms with Crippen LogP contribution in [0, 0.1) is 0 Å². The highest BCUT2D eigenvalue weighted by atomic mass is 35.5. The Kier molecular flexibility index (Phi) is 8.01. The molecule has 1 aromatic carbocycles. The standard InChI is InChI=1S/C17H27NO3.ClH/c1-5-7-18(8-6-2)11-17-14-10-16(20-4)15(19-3)9-13(14)12-21-17;/h9-10,17H,5-8,11-12H2,1-4H3;1H. The van der Waals surface area contributed by atoms with Crippen molar-refractivity contribution in [3.63, 3.8) is 0 Å². The van der Waals surface area contributed by atoms with Gasteiger partial charge >= 0.3 is 0 Å². The van der Waals surface area contributed by atoms with Gasteiger partial charge in [0.15, 0.2) is 11.5 Å². The minimum atomic E-state index is 0. The average molecular weight is 330 g/mol. The number of benzene rings is 1. The van der Waals surface area contributed by atoms with Crippen LogP contribution < -0.4 is 9.47 Å². The molecule has 0 spiro atoms. The molecular weight excluding hydrogens is 302 g/mol. The van der Waals surface area contributed by atoms with E-state index in [1.54, 1.807) is 14.2 Å². The predicted molar refractivity (Wildman–Crippen MR) is 91.3 cm³/mol. The molecule has 1 unspecified atom stereocenters. The van der Waals surface area contributed by atoms with Gasteiger partial charge in [-0.25, -0.2) is 0 Å². The molecule has 0 aromatic heterocycles. The first-order valence-corrected chi connectivity index (χ1v) is 7.82. The molecule has 1 atom stereocenters. The van der Waals surface area contributed by atoms with Gasteiger partial charge in [-0.1, -0.05) is 13.8 Å². The Morgan fingerprint density at radius 2 is 1.68 bits per heavy atom. The lowest BCUT2D eigenvalue weighted by Gasteiger charge is -2.24. The van der Waals surface area contributed by atoms with E-state index in [1.807, 2.05) is 6.07 Å². The van der Waals surface area contributed by atoms with Gasteiger partial charge in [-0.05, 0) is 49.2 Å². The summed E-state index contributed by atoms with van der Waals surface area (Å²) >= 11 is 0. The number of nitrogens with zero attached hydrogens (tertiary/aromatic N) is 1. The van der Waals surface area contributed by atoms with E-state index in [-0.39, 0.29) is 18.5 Å². The van der Waals surface area contributed by atoms with Gasteiger partial charge in [0.1, 0.15) is 0 Å². The molecule has 1 heterocycles. The quantitative estimate of drug-likeness (QED) is 0.725. The molecule has 2 rings (SSSR count). The number of fused-ring (bicyclic) bond motifs is 1. The largest absolute Gasteiger partial charge is 0.493 e. The summed E-state index contributed by atoms with van der Waals surface area (Å²) < 4.78 is 16.8. The lowest BCUT2D eigenvalue weighted by atomic mass is 10.0. The summed E-state index contributed by atoms with van der Waals surface area (Å²) in [5.41, 5.74) is 2.45. The molecule has 0 saturated heterocycles. The Hall–Kier alpha value is -0.970.